The lowest BCUT2D eigenvalue weighted by Gasteiger charge is -2.17. The van der Waals surface area contributed by atoms with Crippen molar-refractivity contribution >= 4 is 11.0 Å². The first-order valence-corrected chi connectivity index (χ1v) is 7.30. The molecule has 0 bridgehead atoms. The van der Waals surface area contributed by atoms with Crippen molar-refractivity contribution in [3.8, 4) is 0 Å². The largest absolute Gasteiger partial charge is 0.342 e. The van der Waals surface area contributed by atoms with Gasteiger partial charge in [0.25, 0.3) is 0 Å². The highest BCUT2D eigenvalue weighted by atomic mass is 15.2. The van der Waals surface area contributed by atoms with Crippen molar-refractivity contribution in [2.24, 2.45) is 5.92 Å². The first-order valence-electron chi connectivity index (χ1n) is 7.30. The van der Waals surface area contributed by atoms with Crippen LogP contribution in [-0.4, -0.2) is 34.5 Å². The first-order chi connectivity index (χ1) is 9.11. The van der Waals surface area contributed by atoms with Gasteiger partial charge < -0.3 is 9.88 Å². The van der Waals surface area contributed by atoms with E-state index in [-0.39, 0.29) is 0 Å². The summed E-state index contributed by atoms with van der Waals surface area (Å²) in [7, 11) is 0. The Hall–Kier alpha value is -1.35. The fourth-order valence-corrected chi connectivity index (χ4v) is 3.07. The smallest absolute Gasteiger partial charge is 0.111 e. The van der Waals surface area contributed by atoms with Crippen LogP contribution in [0.15, 0.2) is 18.2 Å². The van der Waals surface area contributed by atoms with Crippen LogP contribution in [-0.2, 0) is 0 Å². The topological polar surface area (TPSA) is 31.9 Å². The molecule has 1 fully saturated rings. The van der Waals surface area contributed by atoms with E-state index < -0.39 is 0 Å². The maximum atomic E-state index is 4.77. The van der Waals surface area contributed by atoms with Crippen molar-refractivity contribution in [3.05, 3.63) is 29.6 Å². The van der Waals surface area contributed by atoms with E-state index in [0.717, 1.165) is 18.0 Å². The molecular formula is C16H23N3. The summed E-state index contributed by atoms with van der Waals surface area (Å²) in [5.41, 5.74) is 3.57. The number of H-pyrrole nitrogens is 1. The zero-order chi connectivity index (χ0) is 13.4. The number of nitrogens with zero attached hydrogens (tertiary/aromatic N) is 2. The van der Waals surface area contributed by atoms with E-state index in [1.54, 1.807) is 0 Å². The Bertz CT molecular complexity index is 570. The minimum atomic E-state index is 0.575. The third-order valence-electron chi connectivity index (χ3n) is 3.94. The van der Waals surface area contributed by atoms with E-state index in [0.29, 0.717) is 5.92 Å². The number of rotatable bonds is 3. The van der Waals surface area contributed by atoms with Gasteiger partial charge in [-0.25, -0.2) is 4.98 Å². The quantitative estimate of drug-likeness (QED) is 0.914. The Morgan fingerprint density at radius 1 is 1.42 bits per heavy atom. The zero-order valence-corrected chi connectivity index (χ0v) is 12.1. The predicted molar refractivity (Wildman–Crippen MR) is 79.5 cm³/mol. The van der Waals surface area contributed by atoms with E-state index in [4.69, 9.17) is 4.98 Å². The highest BCUT2D eigenvalue weighted by molar-refractivity contribution is 5.75. The number of imidazole rings is 1. The number of benzene rings is 1. The van der Waals surface area contributed by atoms with Gasteiger partial charge in [0.1, 0.15) is 5.82 Å². The molecule has 1 aromatic carbocycles. The average Bonchev–Trinajstić information content (AvgIpc) is 2.93. The van der Waals surface area contributed by atoms with E-state index in [2.05, 4.69) is 48.9 Å². The number of hydrogen-bond acceptors (Lipinski definition) is 2. The van der Waals surface area contributed by atoms with E-state index in [1.807, 2.05) is 0 Å². The van der Waals surface area contributed by atoms with Crippen LogP contribution < -0.4 is 0 Å². The fourth-order valence-electron chi connectivity index (χ4n) is 3.07. The molecule has 2 aromatic rings. The van der Waals surface area contributed by atoms with Gasteiger partial charge in [-0.15, -0.1) is 0 Å². The molecule has 1 atom stereocenters. The van der Waals surface area contributed by atoms with E-state index >= 15 is 0 Å². The van der Waals surface area contributed by atoms with Crippen LogP contribution in [0, 0.1) is 12.8 Å². The van der Waals surface area contributed by atoms with Crippen molar-refractivity contribution in [3.63, 3.8) is 0 Å². The molecule has 0 aliphatic carbocycles. The highest BCUT2D eigenvalue weighted by Gasteiger charge is 2.26. The lowest BCUT2D eigenvalue weighted by molar-refractivity contribution is 0.294. The maximum absolute atomic E-state index is 4.77. The Balaban J connectivity index is 1.78. The predicted octanol–water partition coefficient (Wildman–Crippen LogP) is 3.32. The van der Waals surface area contributed by atoms with Crippen molar-refractivity contribution < 1.29 is 0 Å². The fraction of sp³-hybridized carbons (Fsp3) is 0.562. The summed E-state index contributed by atoms with van der Waals surface area (Å²) >= 11 is 0. The second kappa shape index (κ2) is 4.97. The average molecular weight is 257 g/mol. The van der Waals surface area contributed by atoms with Crippen LogP contribution in [0.2, 0.25) is 0 Å². The summed E-state index contributed by atoms with van der Waals surface area (Å²) in [5, 5.41) is 0. The molecule has 2 heterocycles. The molecule has 1 aliphatic rings. The van der Waals surface area contributed by atoms with Gasteiger partial charge in [0.05, 0.1) is 11.0 Å². The van der Waals surface area contributed by atoms with Crippen LogP contribution >= 0.6 is 0 Å². The number of aromatic amines is 1. The summed E-state index contributed by atoms with van der Waals surface area (Å²) in [6.45, 7) is 10.3. The molecule has 1 saturated heterocycles. The second-order valence-electron chi connectivity index (χ2n) is 6.28. The standard InChI is InChI=1S/C16H23N3/c1-11(2)9-19-7-6-13(10-19)16-17-14-5-4-12(3)8-15(14)18-16/h4-5,8,11,13H,6-7,9-10H2,1-3H3,(H,17,18)/t13-/m0/s1. The third kappa shape index (κ3) is 2.66. The first kappa shape index (κ1) is 12.7. The van der Waals surface area contributed by atoms with Gasteiger partial charge in [0.15, 0.2) is 0 Å². The molecule has 1 aromatic heterocycles. The molecule has 0 spiro atoms. The molecule has 0 amide bonds. The molecule has 1 N–H and O–H groups in total. The highest BCUT2D eigenvalue weighted by Crippen LogP contribution is 2.27. The van der Waals surface area contributed by atoms with Crippen LogP contribution in [0.3, 0.4) is 0 Å². The summed E-state index contributed by atoms with van der Waals surface area (Å²) in [5.74, 6) is 2.50. The molecule has 3 rings (SSSR count). The zero-order valence-electron chi connectivity index (χ0n) is 12.1. The summed E-state index contributed by atoms with van der Waals surface area (Å²) in [6, 6.07) is 6.44. The van der Waals surface area contributed by atoms with Crippen LogP contribution in [0.25, 0.3) is 11.0 Å². The number of aryl methyl sites for hydroxylation is 1. The van der Waals surface area contributed by atoms with E-state index in [9.17, 15) is 0 Å². The molecule has 3 heteroatoms. The van der Waals surface area contributed by atoms with Gasteiger partial charge in [-0.05, 0) is 43.5 Å². The minimum Gasteiger partial charge on any atom is -0.342 e. The molecule has 1 aliphatic heterocycles. The van der Waals surface area contributed by atoms with Gasteiger partial charge in [-0.1, -0.05) is 19.9 Å². The minimum absolute atomic E-state index is 0.575. The lowest BCUT2D eigenvalue weighted by atomic mass is 10.1. The van der Waals surface area contributed by atoms with Crippen molar-refractivity contribution in [2.75, 3.05) is 19.6 Å². The summed E-state index contributed by atoms with van der Waals surface area (Å²) < 4.78 is 0. The molecule has 102 valence electrons. The SMILES string of the molecule is Cc1ccc2nc([C@H]3CCN(CC(C)C)C3)[nH]c2c1. The Kier molecular flexibility index (Phi) is 3.31. The Morgan fingerprint density at radius 2 is 2.26 bits per heavy atom. The maximum Gasteiger partial charge on any atom is 0.111 e. The summed E-state index contributed by atoms with van der Waals surface area (Å²) in [6.07, 6.45) is 1.23. The normalized spacial score (nSPS) is 20.7. The van der Waals surface area contributed by atoms with E-state index in [1.165, 1.54) is 36.4 Å². The second-order valence-corrected chi connectivity index (χ2v) is 6.28. The van der Waals surface area contributed by atoms with Crippen molar-refractivity contribution in [1.29, 1.82) is 0 Å². The molecule has 0 radical (unpaired) electrons. The van der Waals surface area contributed by atoms with Gasteiger partial charge in [-0.3, -0.25) is 0 Å². The summed E-state index contributed by atoms with van der Waals surface area (Å²) in [4.78, 5) is 10.8. The Labute approximate surface area is 115 Å². The van der Waals surface area contributed by atoms with Gasteiger partial charge in [-0.2, -0.15) is 0 Å². The monoisotopic (exact) mass is 257 g/mol. The molecule has 0 saturated carbocycles. The van der Waals surface area contributed by atoms with Gasteiger partial charge >= 0.3 is 0 Å². The lowest BCUT2D eigenvalue weighted by Crippen LogP contribution is -2.25. The van der Waals surface area contributed by atoms with Crippen molar-refractivity contribution in [1.82, 2.24) is 14.9 Å². The number of fused-ring (bicyclic) bond motifs is 1. The third-order valence-corrected chi connectivity index (χ3v) is 3.94. The number of likely N-dealkylation sites (tertiary alicyclic amines) is 1. The Morgan fingerprint density at radius 3 is 3.05 bits per heavy atom. The van der Waals surface area contributed by atoms with Crippen LogP contribution in [0.4, 0.5) is 0 Å². The molecule has 19 heavy (non-hydrogen) atoms. The number of hydrogen-bond donors (Lipinski definition) is 1. The van der Waals surface area contributed by atoms with Crippen LogP contribution in [0.5, 0.6) is 0 Å². The molecule has 3 nitrogen and oxygen atoms in total. The van der Waals surface area contributed by atoms with Crippen molar-refractivity contribution in [2.45, 2.75) is 33.1 Å². The molecule has 0 unspecified atom stereocenters. The molecular weight excluding hydrogens is 234 g/mol. The van der Waals surface area contributed by atoms with Gasteiger partial charge in [0, 0.05) is 19.0 Å². The van der Waals surface area contributed by atoms with Gasteiger partial charge in [0.2, 0.25) is 0 Å². The number of nitrogens with one attached hydrogen (secondary N) is 1. The number of aromatic nitrogens is 2. The van der Waals surface area contributed by atoms with Crippen LogP contribution in [0.1, 0.15) is 37.6 Å².